The van der Waals surface area contributed by atoms with E-state index >= 15 is 0 Å². The molecule has 1 saturated heterocycles. The monoisotopic (exact) mass is 339 g/mol. The van der Waals surface area contributed by atoms with Gasteiger partial charge in [-0.15, -0.1) is 0 Å². The van der Waals surface area contributed by atoms with Gasteiger partial charge in [0.1, 0.15) is 11.6 Å². The summed E-state index contributed by atoms with van der Waals surface area (Å²) < 4.78 is 53.8. The molecule has 3 nitrogen and oxygen atoms in total. The Morgan fingerprint density at radius 3 is 2.42 bits per heavy atom. The van der Waals surface area contributed by atoms with E-state index in [9.17, 15) is 27.5 Å². The van der Waals surface area contributed by atoms with Crippen molar-refractivity contribution in [2.24, 2.45) is 0 Å². The molecule has 1 heterocycles. The first kappa shape index (κ1) is 16.4. The molecule has 2 aromatic rings. The van der Waals surface area contributed by atoms with E-state index in [1.165, 1.54) is 0 Å². The molecule has 7 heteroatoms. The summed E-state index contributed by atoms with van der Waals surface area (Å²) in [5.41, 5.74) is -0.202. The number of hydrogen-bond donors (Lipinski definition) is 1. The number of rotatable bonds is 2. The van der Waals surface area contributed by atoms with Crippen LogP contribution in [0.4, 0.5) is 17.6 Å². The first-order valence-electron chi connectivity index (χ1n) is 7.26. The van der Waals surface area contributed by atoms with Crippen molar-refractivity contribution in [2.75, 3.05) is 6.54 Å². The highest BCUT2D eigenvalue weighted by Gasteiger charge is 2.37. The van der Waals surface area contributed by atoms with Crippen molar-refractivity contribution >= 4 is 5.91 Å². The summed E-state index contributed by atoms with van der Waals surface area (Å²) in [5.74, 6) is -4.36. The third-order valence-corrected chi connectivity index (χ3v) is 4.02. The average molecular weight is 339 g/mol. The van der Waals surface area contributed by atoms with Crippen LogP contribution in [-0.4, -0.2) is 28.6 Å². The molecular formula is C17H13F4NO2. The predicted molar refractivity (Wildman–Crippen MR) is 77.1 cm³/mol. The molecule has 1 aliphatic heterocycles. The number of aliphatic hydroxyl groups excluding tert-OH is 1. The first-order chi connectivity index (χ1) is 11.4. The Morgan fingerprint density at radius 2 is 1.71 bits per heavy atom. The van der Waals surface area contributed by atoms with E-state index in [2.05, 4.69) is 0 Å². The van der Waals surface area contributed by atoms with E-state index in [-0.39, 0.29) is 24.1 Å². The number of nitrogens with zero attached hydrogens (tertiary/aromatic N) is 1. The topological polar surface area (TPSA) is 40.5 Å². The number of likely N-dealkylation sites (tertiary alicyclic amines) is 1. The van der Waals surface area contributed by atoms with E-state index in [1.54, 1.807) is 0 Å². The van der Waals surface area contributed by atoms with Crippen LogP contribution in [-0.2, 0) is 0 Å². The van der Waals surface area contributed by atoms with Crippen LogP contribution >= 0.6 is 0 Å². The lowest BCUT2D eigenvalue weighted by Gasteiger charge is -2.25. The van der Waals surface area contributed by atoms with Crippen molar-refractivity contribution in [2.45, 2.75) is 18.6 Å². The molecule has 0 aromatic heterocycles. The highest BCUT2D eigenvalue weighted by Crippen LogP contribution is 2.35. The van der Waals surface area contributed by atoms with Crippen LogP contribution in [0.25, 0.3) is 0 Å². The van der Waals surface area contributed by atoms with Gasteiger partial charge in [0.05, 0.1) is 12.1 Å². The second-order valence-electron chi connectivity index (χ2n) is 5.66. The number of amides is 1. The number of β-amino-alcohol motifs (C(OH)–C–C–N with tert-alkyl or cyclic N) is 1. The van der Waals surface area contributed by atoms with E-state index in [1.807, 2.05) is 0 Å². The van der Waals surface area contributed by atoms with Crippen molar-refractivity contribution in [3.8, 4) is 0 Å². The quantitative estimate of drug-likeness (QED) is 0.854. The second kappa shape index (κ2) is 6.24. The molecule has 1 amide bonds. The van der Waals surface area contributed by atoms with Gasteiger partial charge in [0, 0.05) is 17.7 Å². The predicted octanol–water partition coefficient (Wildman–Crippen LogP) is 3.19. The third-order valence-electron chi connectivity index (χ3n) is 4.02. The zero-order valence-electron chi connectivity index (χ0n) is 12.3. The maximum Gasteiger partial charge on any atom is 0.254 e. The van der Waals surface area contributed by atoms with Gasteiger partial charge in [-0.05, 0) is 42.8 Å². The van der Waals surface area contributed by atoms with Crippen molar-refractivity contribution in [1.29, 1.82) is 0 Å². The van der Waals surface area contributed by atoms with Crippen LogP contribution in [0, 0.1) is 23.3 Å². The van der Waals surface area contributed by atoms with Crippen LogP contribution in [0.2, 0.25) is 0 Å². The van der Waals surface area contributed by atoms with Gasteiger partial charge in [0.25, 0.3) is 5.91 Å². The third kappa shape index (κ3) is 2.99. The maximum absolute atomic E-state index is 14.0. The Kier molecular flexibility index (Phi) is 4.28. The van der Waals surface area contributed by atoms with Gasteiger partial charge in [0.2, 0.25) is 0 Å². The Labute approximate surface area is 135 Å². The normalized spacial score (nSPS) is 20.5. The molecule has 24 heavy (non-hydrogen) atoms. The molecule has 1 aliphatic rings. The fraction of sp³-hybridized carbons (Fsp3) is 0.235. The van der Waals surface area contributed by atoms with Gasteiger partial charge in [-0.3, -0.25) is 4.79 Å². The molecule has 3 rings (SSSR count). The lowest BCUT2D eigenvalue weighted by atomic mass is 10.0. The summed E-state index contributed by atoms with van der Waals surface area (Å²) in [6, 6.07) is 4.61. The van der Waals surface area contributed by atoms with Crippen LogP contribution in [0.5, 0.6) is 0 Å². The molecule has 0 bridgehead atoms. The number of carbonyl (C=O) groups excluding carboxylic acids is 1. The molecule has 2 unspecified atom stereocenters. The van der Waals surface area contributed by atoms with Crippen LogP contribution in [0.3, 0.4) is 0 Å². The van der Waals surface area contributed by atoms with Gasteiger partial charge in [-0.2, -0.15) is 0 Å². The Balaban J connectivity index is 1.97. The van der Waals surface area contributed by atoms with Crippen molar-refractivity contribution < 1.29 is 27.5 Å². The molecule has 0 aliphatic carbocycles. The summed E-state index contributed by atoms with van der Waals surface area (Å²) in [7, 11) is 0. The number of hydrogen-bond acceptors (Lipinski definition) is 2. The fourth-order valence-corrected chi connectivity index (χ4v) is 2.90. The highest BCUT2D eigenvalue weighted by atomic mass is 19.2. The van der Waals surface area contributed by atoms with E-state index in [0.717, 1.165) is 41.3 Å². The fourth-order valence-electron chi connectivity index (χ4n) is 2.90. The van der Waals surface area contributed by atoms with Crippen LogP contribution < -0.4 is 0 Å². The van der Waals surface area contributed by atoms with E-state index in [4.69, 9.17) is 0 Å². The Hall–Kier alpha value is -2.41. The average Bonchev–Trinajstić information content (AvgIpc) is 2.93. The largest absolute Gasteiger partial charge is 0.391 e. The molecule has 2 atom stereocenters. The first-order valence-corrected chi connectivity index (χ1v) is 7.26. The van der Waals surface area contributed by atoms with Crippen molar-refractivity contribution in [3.05, 3.63) is 70.8 Å². The molecule has 0 radical (unpaired) electrons. The molecule has 0 spiro atoms. The standard InChI is InChI=1S/C17H13F4NO2/c18-10-2-4-13(19)12(6-10)16-7-11(23)8-22(16)17(24)9-1-3-14(20)15(21)5-9/h1-6,11,16,23H,7-8H2. The minimum absolute atomic E-state index is 0.0236. The van der Waals surface area contributed by atoms with E-state index < -0.39 is 41.3 Å². The summed E-state index contributed by atoms with van der Waals surface area (Å²) in [4.78, 5) is 13.7. The maximum atomic E-state index is 14.0. The van der Waals surface area contributed by atoms with Gasteiger partial charge in [0.15, 0.2) is 11.6 Å². The number of carbonyl (C=O) groups is 1. The summed E-state index contributed by atoms with van der Waals surface area (Å²) in [6.07, 6.45) is -0.901. The lowest BCUT2D eigenvalue weighted by molar-refractivity contribution is 0.0713. The Bertz CT molecular complexity index is 796. The minimum Gasteiger partial charge on any atom is -0.391 e. The van der Waals surface area contributed by atoms with Crippen LogP contribution in [0.1, 0.15) is 28.4 Å². The lowest BCUT2D eigenvalue weighted by Crippen LogP contribution is -2.32. The van der Waals surface area contributed by atoms with Gasteiger partial charge >= 0.3 is 0 Å². The smallest absolute Gasteiger partial charge is 0.254 e. The number of benzene rings is 2. The highest BCUT2D eigenvalue weighted by molar-refractivity contribution is 5.94. The second-order valence-corrected chi connectivity index (χ2v) is 5.66. The van der Waals surface area contributed by atoms with Gasteiger partial charge in [-0.25, -0.2) is 17.6 Å². The zero-order valence-corrected chi connectivity index (χ0v) is 12.3. The summed E-state index contributed by atoms with van der Waals surface area (Å²) in [6.45, 7) is -0.113. The van der Waals surface area contributed by atoms with E-state index in [0.29, 0.717) is 0 Å². The summed E-state index contributed by atoms with van der Waals surface area (Å²) >= 11 is 0. The Morgan fingerprint density at radius 1 is 1.00 bits per heavy atom. The minimum atomic E-state index is -1.19. The van der Waals surface area contributed by atoms with Gasteiger partial charge < -0.3 is 10.0 Å². The molecule has 0 saturated carbocycles. The molecule has 1 N–H and O–H groups in total. The SMILES string of the molecule is O=C(c1ccc(F)c(F)c1)N1CC(O)CC1c1cc(F)ccc1F. The molecular weight excluding hydrogens is 326 g/mol. The summed E-state index contributed by atoms with van der Waals surface area (Å²) in [5, 5.41) is 9.84. The number of halogens is 4. The van der Waals surface area contributed by atoms with Crippen LogP contribution in [0.15, 0.2) is 36.4 Å². The number of aliphatic hydroxyl groups is 1. The van der Waals surface area contributed by atoms with Crippen molar-refractivity contribution in [1.82, 2.24) is 4.90 Å². The van der Waals surface area contributed by atoms with Crippen molar-refractivity contribution in [3.63, 3.8) is 0 Å². The molecule has 2 aromatic carbocycles. The zero-order chi connectivity index (χ0) is 17.4. The molecule has 1 fully saturated rings. The molecule has 126 valence electrons. The van der Waals surface area contributed by atoms with Gasteiger partial charge in [-0.1, -0.05) is 0 Å².